The standard InChI is InChI=1S/C19H17ClN2O3S2/c1-2-25-13-8-7-10(9-12(13)20)17(23)22-18(24)15-11-5-3-4-6-14(11)27-16(15)21-19(22)26/h7-9H,2-6H2,1H3,(H,21,26). The molecule has 0 saturated heterocycles. The van der Waals surface area contributed by atoms with Crippen molar-refractivity contribution in [1.29, 1.82) is 0 Å². The molecule has 0 bridgehead atoms. The van der Waals surface area contributed by atoms with Crippen molar-refractivity contribution in [3.05, 3.63) is 54.4 Å². The number of halogens is 1. The van der Waals surface area contributed by atoms with Crippen LogP contribution in [0.1, 0.15) is 40.6 Å². The van der Waals surface area contributed by atoms with Crippen molar-refractivity contribution in [2.75, 3.05) is 6.61 Å². The zero-order valence-corrected chi connectivity index (χ0v) is 17.0. The lowest BCUT2D eigenvalue weighted by molar-refractivity contribution is 0.0953. The molecule has 1 N–H and O–H groups in total. The number of fused-ring (bicyclic) bond motifs is 3. The summed E-state index contributed by atoms with van der Waals surface area (Å²) in [5.74, 6) is -0.000521. The summed E-state index contributed by atoms with van der Waals surface area (Å²) in [6, 6.07) is 4.72. The minimum Gasteiger partial charge on any atom is -0.492 e. The van der Waals surface area contributed by atoms with Crippen LogP contribution in [0, 0.1) is 4.77 Å². The van der Waals surface area contributed by atoms with E-state index in [0.717, 1.165) is 40.6 Å². The van der Waals surface area contributed by atoms with Gasteiger partial charge < -0.3 is 9.72 Å². The predicted molar refractivity (Wildman–Crippen MR) is 110 cm³/mol. The number of rotatable bonds is 3. The normalized spacial score (nSPS) is 13.6. The summed E-state index contributed by atoms with van der Waals surface area (Å²) in [5.41, 5.74) is 0.987. The van der Waals surface area contributed by atoms with Crippen molar-refractivity contribution in [3.8, 4) is 5.75 Å². The van der Waals surface area contributed by atoms with Gasteiger partial charge in [0.15, 0.2) is 4.77 Å². The van der Waals surface area contributed by atoms with Gasteiger partial charge in [0.1, 0.15) is 10.6 Å². The van der Waals surface area contributed by atoms with Crippen LogP contribution in [0.4, 0.5) is 0 Å². The fourth-order valence-corrected chi connectivity index (χ4v) is 5.31. The van der Waals surface area contributed by atoms with Gasteiger partial charge in [-0.1, -0.05) is 11.6 Å². The molecule has 0 atom stereocenters. The van der Waals surface area contributed by atoms with E-state index in [2.05, 4.69) is 4.98 Å². The van der Waals surface area contributed by atoms with Gasteiger partial charge in [-0.25, -0.2) is 4.57 Å². The third kappa shape index (κ3) is 3.13. The second-order valence-electron chi connectivity index (χ2n) is 6.37. The first-order valence-electron chi connectivity index (χ1n) is 8.78. The molecule has 1 aliphatic rings. The number of ether oxygens (including phenoxy) is 1. The molecule has 27 heavy (non-hydrogen) atoms. The van der Waals surface area contributed by atoms with E-state index in [-0.39, 0.29) is 15.9 Å². The summed E-state index contributed by atoms with van der Waals surface area (Å²) < 4.78 is 6.53. The fraction of sp³-hybridized carbons (Fsp3) is 0.316. The van der Waals surface area contributed by atoms with E-state index < -0.39 is 5.91 Å². The Bertz CT molecular complexity index is 1180. The average molecular weight is 421 g/mol. The third-order valence-electron chi connectivity index (χ3n) is 4.69. The van der Waals surface area contributed by atoms with Gasteiger partial charge in [-0.15, -0.1) is 11.3 Å². The number of nitrogens with one attached hydrogen (secondary N) is 1. The Labute approximate surface area is 169 Å². The van der Waals surface area contributed by atoms with Gasteiger partial charge in [0.2, 0.25) is 0 Å². The number of carbonyl (C=O) groups is 1. The van der Waals surface area contributed by atoms with Crippen LogP contribution in [-0.2, 0) is 12.8 Å². The first kappa shape index (κ1) is 18.4. The van der Waals surface area contributed by atoms with E-state index in [1.807, 2.05) is 6.92 Å². The number of aromatic nitrogens is 2. The number of aromatic amines is 1. The number of thiophene rings is 1. The van der Waals surface area contributed by atoms with Crippen LogP contribution in [0.25, 0.3) is 10.2 Å². The third-order valence-corrected chi connectivity index (χ3v) is 6.48. The Morgan fingerprint density at radius 1 is 1.37 bits per heavy atom. The van der Waals surface area contributed by atoms with Crippen LogP contribution >= 0.6 is 35.2 Å². The minimum atomic E-state index is -0.496. The number of hydrogen-bond donors (Lipinski definition) is 1. The maximum absolute atomic E-state index is 13.2. The molecule has 140 valence electrons. The molecule has 8 heteroatoms. The molecule has 0 fully saturated rings. The smallest absolute Gasteiger partial charge is 0.270 e. The van der Waals surface area contributed by atoms with Crippen molar-refractivity contribution >= 4 is 51.3 Å². The van der Waals surface area contributed by atoms with Crippen LogP contribution in [-0.4, -0.2) is 22.1 Å². The topological polar surface area (TPSA) is 64.1 Å². The van der Waals surface area contributed by atoms with Crippen molar-refractivity contribution in [3.63, 3.8) is 0 Å². The molecule has 0 amide bonds. The van der Waals surface area contributed by atoms with Gasteiger partial charge in [-0.05, 0) is 68.6 Å². The van der Waals surface area contributed by atoms with Crippen molar-refractivity contribution < 1.29 is 9.53 Å². The Morgan fingerprint density at radius 3 is 2.89 bits per heavy atom. The molecular weight excluding hydrogens is 404 g/mol. The molecule has 2 heterocycles. The van der Waals surface area contributed by atoms with Crippen LogP contribution in [0.15, 0.2) is 23.0 Å². The van der Waals surface area contributed by atoms with Crippen LogP contribution in [0.5, 0.6) is 5.75 Å². The summed E-state index contributed by atoms with van der Waals surface area (Å²) >= 11 is 13.1. The summed E-state index contributed by atoms with van der Waals surface area (Å²) in [4.78, 5) is 31.2. The molecule has 3 aromatic rings. The monoisotopic (exact) mass is 420 g/mol. The summed E-state index contributed by atoms with van der Waals surface area (Å²) in [7, 11) is 0. The van der Waals surface area contributed by atoms with Crippen molar-refractivity contribution in [2.24, 2.45) is 0 Å². The van der Waals surface area contributed by atoms with Crippen LogP contribution < -0.4 is 10.3 Å². The van der Waals surface area contributed by atoms with Gasteiger partial charge in [-0.2, -0.15) is 0 Å². The van der Waals surface area contributed by atoms with Crippen molar-refractivity contribution in [1.82, 2.24) is 9.55 Å². The molecule has 1 aliphatic carbocycles. The highest BCUT2D eigenvalue weighted by molar-refractivity contribution is 7.71. The van der Waals surface area contributed by atoms with E-state index in [4.69, 9.17) is 28.6 Å². The first-order chi connectivity index (χ1) is 13.0. The SMILES string of the molecule is CCOc1ccc(C(=O)n2c(=S)[nH]c3sc4c(c3c2=O)CCCC4)cc1Cl. The van der Waals surface area contributed by atoms with E-state index in [1.54, 1.807) is 23.5 Å². The quantitative estimate of drug-likeness (QED) is 0.621. The zero-order valence-electron chi connectivity index (χ0n) is 14.6. The van der Waals surface area contributed by atoms with Crippen molar-refractivity contribution in [2.45, 2.75) is 32.6 Å². The molecule has 4 rings (SSSR count). The molecular formula is C19H17ClN2O3S2. The van der Waals surface area contributed by atoms with E-state index >= 15 is 0 Å². The van der Waals surface area contributed by atoms with Gasteiger partial charge in [0.25, 0.3) is 11.5 Å². The molecule has 1 aromatic carbocycles. The number of nitrogens with zero attached hydrogens (tertiary/aromatic N) is 1. The number of H-pyrrole nitrogens is 1. The summed E-state index contributed by atoms with van der Waals surface area (Å²) in [6.45, 7) is 2.32. The number of aryl methyl sites for hydroxylation is 2. The van der Waals surface area contributed by atoms with E-state index in [9.17, 15) is 9.59 Å². The number of carbonyl (C=O) groups excluding carboxylic acids is 1. The lowest BCUT2D eigenvalue weighted by Gasteiger charge is -2.11. The van der Waals surface area contributed by atoms with E-state index in [0.29, 0.717) is 22.8 Å². The molecule has 0 saturated carbocycles. The van der Waals surface area contributed by atoms with E-state index in [1.165, 1.54) is 10.9 Å². The number of hydrogen-bond acceptors (Lipinski definition) is 5. The van der Waals surface area contributed by atoms with Gasteiger partial charge in [0, 0.05) is 10.4 Å². The Morgan fingerprint density at radius 2 is 2.15 bits per heavy atom. The maximum atomic E-state index is 13.2. The number of benzene rings is 1. The molecule has 0 aliphatic heterocycles. The van der Waals surface area contributed by atoms with Crippen LogP contribution in [0.3, 0.4) is 0 Å². The molecule has 0 radical (unpaired) electrons. The maximum Gasteiger partial charge on any atom is 0.270 e. The lowest BCUT2D eigenvalue weighted by atomic mass is 9.97. The highest BCUT2D eigenvalue weighted by atomic mass is 35.5. The molecule has 2 aromatic heterocycles. The Hall–Kier alpha value is -1.96. The minimum absolute atomic E-state index is 0.0982. The van der Waals surface area contributed by atoms with Gasteiger partial charge in [0.05, 0.1) is 17.0 Å². The Balaban J connectivity index is 1.86. The van der Waals surface area contributed by atoms with Gasteiger partial charge >= 0.3 is 0 Å². The molecule has 0 spiro atoms. The fourth-order valence-electron chi connectivity index (χ4n) is 3.46. The van der Waals surface area contributed by atoms with Gasteiger partial charge in [-0.3, -0.25) is 9.59 Å². The highest BCUT2D eigenvalue weighted by Crippen LogP contribution is 2.33. The summed E-state index contributed by atoms with van der Waals surface area (Å²) in [6.07, 6.45) is 4.00. The zero-order chi connectivity index (χ0) is 19.1. The largest absolute Gasteiger partial charge is 0.492 e. The Kier molecular flexibility index (Phi) is 4.92. The highest BCUT2D eigenvalue weighted by Gasteiger charge is 2.23. The van der Waals surface area contributed by atoms with Crippen LogP contribution in [0.2, 0.25) is 5.02 Å². The molecule has 0 unspecified atom stereocenters. The average Bonchev–Trinajstić information content (AvgIpc) is 3.01. The first-order valence-corrected chi connectivity index (χ1v) is 10.4. The summed E-state index contributed by atoms with van der Waals surface area (Å²) in [5, 5.41) is 0.910. The lowest BCUT2D eigenvalue weighted by Crippen LogP contribution is -2.29. The molecule has 5 nitrogen and oxygen atoms in total. The second kappa shape index (κ2) is 7.22. The predicted octanol–water partition coefficient (Wildman–Crippen LogP) is 4.74. The second-order valence-corrected chi connectivity index (χ2v) is 8.27.